The molecule has 98 valence electrons. The molecule has 1 aromatic rings. The molecule has 0 aliphatic rings. The average molecular weight is 306 g/mol. The van der Waals surface area contributed by atoms with Gasteiger partial charge in [0.15, 0.2) is 0 Å². The summed E-state index contributed by atoms with van der Waals surface area (Å²) >= 11 is 3.48. The van der Waals surface area contributed by atoms with E-state index in [2.05, 4.69) is 21.0 Å². The van der Waals surface area contributed by atoms with E-state index in [0.29, 0.717) is 6.61 Å². The number of ether oxygens (including phenoxy) is 2. The van der Waals surface area contributed by atoms with Crippen molar-refractivity contribution < 1.29 is 9.47 Å². The van der Waals surface area contributed by atoms with Gasteiger partial charge in [0.05, 0.1) is 29.5 Å². The maximum absolute atomic E-state index is 6.17. The lowest BCUT2D eigenvalue weighted by Gasteiger charge is -2.14. The van der Waals surface area contributed by atoms with Gasteiger partial charge in [0.2, 0.25) is 0 Å². The molecule has 2 N–H and O–H groups in total. The highest BCUT2D eigenvalue weighted by molar-refractivity contribution is 9.10. The van der Waals surface area contributed by atoms with Gasteiger partial charge < -0.3 is 15.2 Å². The van der Waals surface area contributed by atoms with Gasteiger partial charge in [-0.25, -0.2) is 0 Å². The Balaban J connectivity index is 2.63. The lowest BCUT2D eigenvalue weighted by molar-refractivity contribution is 0.180. The second kappa shape index (κ2) is 7.81. The zero-order valence-electron chi connectivity index (χ0n) is 10.4. The van der Waals surface area contributed by atoms with E-state index in [-0.39, 0.29) is 6.04 Å². The number of halogens is 1. The third-order valence-corrected chi connectivity index (χ3v) is 3.17. The molecule has 5 nitrogen and oxygen atoms in total. The fraction of sp³-hybridized carbons (Fsp3) is 0.727. The van der Waals surface area contributed by atoms with Crippen molar-refractivity contribution in [3.05, 3.63) is 16.4 Å². The first kappa shape index (κ1) is 14.6. The quantitative estimate of drug-likeness (QED) is 0.743. The summed E-state index contributed by atoms with van der Waals surface area (Å²) in [6.07, 6.45) is 3.60. The Morgan fingerprint density at radius 1 is 1.41 bits per heavy atom. The molecule has 0 radical (unpaired) electrons. The van der Waals surface area contributed by atoms with Crippen molar-refractivity contribution in [3.63, 3.8) is 0 Å². The molecule has 6 heteroatoms. The number of hydrogen-bond donors (Lipinski definition) is 1. The van der Waals surface area contributed by atoms with Crippen LogP contribution in [0.5, 0.6) is 0 Å². The Labute approximate surface area is 110 Å². The molecular formula is C11H20BrN3O2. The molecule has 0 aromatic carbocycles. The Kier molecular flexibility index (Phi) is 6.72. The predicted molar refractivity (Wildman–Crippen MR) is 69.8 cm³/mol. The number of methoxy groups -OCH3 is 2. The van der Waals surface area contributed by atoms with E-state index in [1.807, 2.05) is 4.68 Å². The van der Waals surface area contributed by atoms with Crippen LogP contribution in [0.1, 0.15) is 24.6 Å². The minimum atomic E-state index is -0.0288. The molecule has 0 saturated heterocycles. The van der Waals surface area contributed by atoms with Crippen LogP contribution in [0.25, 0.3) is 0 Å². The van der Waals surface area contributed by atoms with E-state index < -0.39 is 0 Å². The average Bonchev–Trinajstić information content (AvgIpc) is 2.68. The van der Waals surface area contributed by atoms with E-state index in [4.69, 9.17) is 15.2 Å². The van der Waals surface area contributed by atoms with E-state index in [1.54, 1.807) is 20.4 Å². The van der Waals surface area contributed by atoms with Crippen molar-refractivity contribution in [3.8, 4) is 0 Å². The van der Waals surface area contributed by atoms with Crippen LogP contribution >= 0.6 is 15.9 Å². The summed E-state index contributed by atoms with van der Waals surface area (Å²) in [4.78, 5) is 0. The number of aromatic nitrogens is 2. The van der Waals surface area contributed by atoms with Crippen LogP contribution in [0.4, 0.5) is 0 Å². The maximum atomic E-state index is 6.17. The van der Waals surface area contributed by atoms with Crippen LogP contribution in [-0.4, -0.2) is 37.2 Å². The van der Waals surface area contributed by atoms with Crippen LogP contribution < -0.4 is 5.73 Å². The Hall–Kier alpha value is -0.430. The third-order valence-electron chi connectivity index (χ3n) is 2.56. The van der Waals surface area contributed by atoms with Gasteiger partial charge in [0, 0.05) is 26.9 Å². The minimum absolute atomic E-state index is 0.0288. The van der Waals surface area contributed by atoms with Crippen molar-refractivity contribution in [2.75, 3.05) is 27.4 Å². The summed E-state index contributed by atoms with van der Waals surface area (Å²) in [6.45, 7) is 2.08. The van der Waals surface area contributed by atoms with Gasteiger partial charge in [-0.1, -0.05) is 0 Å². The summed E-state index contributed by atoms with van der Waals surface area (Å²) in [5.41, 5.74) is 7.19. The zero-order valence-corrected chi connectivity index (χ0v) is 11.9. The highest BCUT2D eigenvalue weighted by atomic mass is 79.9. The second-order valence-corrected chi connectivity index (χ2v) is 4.69. The molecule has 0 bridgehead atoms. The smallest absolute Gasteiger partial charge is 0.0694 e. The van der Waals surface area contributed by atoms with E-state index >= 15 is 0 Å². The molecule has 0 aliphatic carbocycles. The number of nitrogens with zero attached hydrogens (tertiary/aromatic N) is 2. The Morgan fingerprint density at radius 2 is 2.12 bits per heavy atom. The van der Waals surface area contributed by atoms with Gasteiger partial charge in [-0.2, -0.15) is 5.10 Å². The number of nitrogens with two attached hydrogens (primary N) is 1. The molecule has 17 heavy (non-hydrogen) atoms. The summed E-state index contributed by atoms with van der Waals surface area (Å²) in [5.74, 6) is 0. The third kappa shape index (κ3) is 4.39. The van der Waals surface area contributed by atoms with Gasteiger partial charge in [-0.3, -0.25) is 4.68 Å². The Morgan fingerprint density at radius 3 is 2.76 bits per heavy atom. The molecule has 1 aromatic heterocycles. The van der Waals surface area contributed by atoms with E-state index in [0.717, 1.165) is 36.2 Å². The van der Waals surface area contributed by atoms with Gasteiger partial charge in [-0.15, -0.1) is 0 Å². The van der Waals surface area contributed by atoms with E-state index in [9.17, 15) is 0 Å². The highest BCUT2D eigenvalue weighted by Gasteiger charge is 2.16. The second-order valence-electron chi connectivity index (χ2n) is 3.84. The Bertz CT molecular complexity index is 331. The summed E-state index contributed by atoms with van der Waals surface area (Å²) in [7, 11) is 3.38. The lowest BCUT2D eigenvalue weighted by Crippen LogP contribution is -2.19. The van der Waals surface area contributed by atoms with Crippen LogP contribution in [0.2, 0.25) is 0 Å². The van der Waals surface area contributed by atoms with Crippen LogP contribution in [0, 0.1) is 0 Å². The monoisotopic (exact) mass is 305 g/mol. The molecule has 1 rings (SSSR count). The first-order chi connectivity index (χ1) is 8.20. The molecule has 1 heterocycles. The first-order valence-corrected chi connectivity index (χ1v) is 6.44. The van der Waals surface area contributed by atoms with Crippen molar-refractivity contribution in [1.82, 2.24) is 9.78 Å². The molecule has 0 aliphatic heterocycles. The van der Waals surface area contributed by atoms with Crippen LogP contribution in [0.3, 0.4) is 0 Å². The summed E-state index contributed by atoms with van der Waals surface area (Å²) < 4.78 is 12.9. The molecular weight excluding hydrogens is 286 g/mol. The molecule has 0 amide bonds. The number of rotatable bonds is 8. The van der Waals surface area contributed by atoms with Crippen molar-refractivity contribution >= 4 is 15.9 Å². The molecule has 1 unspecified atom stereocenters. The molecule has 0 fully saturated rings. The van der Waals surface area contributed by atoms with Crippen molar-refractivity contribution in [2.24, 2.45) is 5.73 Å². The fourth-order valence-electron chi connectivity index (χ4n) is 1.68. The SMILES string of the molecule is COCCCC(N)c1c(Br)cnn1CCOC. The first-order valence-electron chi connectivity index (χ1n) is 5.65. The van der Waals surface area contributed by atoms with Gasteiger partial charge in [0.25, 0.3) is 0 Å². The predicted octanol–water partition coefficient (Wildman–Crippen LogP) is 1.72. The summed E-state index contributed by atoms with van der Waals surface area (Å²) in [6, 6.07) is -0.0288. The van der Waals surface area contributed by atoms with Gasteiger partial charge in [0.1, 0.15) is 0 Å². The van der Waals surface area contributed by atoms with Gasteiger partial charge >= 0.3 is 0 Å². The molecule has 0 saturated carbocycles. The maximum Gasteiger partial charge on any atom is 0.0694 e. The zero-order chi connectivity index (χ0) is 12.7. The van der Waals surface area contributed by atoms with Crippen LogP contribution in [-0.2, 0) is 16.0 Å². The van der Waals surface area contributed by atoms with Crippen molar-refractivity contribution in [2.45, 2.75) is 25.4 Å². The number of hydrogen-bond acceptors (Lipinski definition) is 4. The highest BCUT2D eigenvalue weighted by Crippen LogP contribution is 2.24. The van der Waals surface area contributed by atoms with Gasteiger partial charge in [-0.05, 0) is 28.8 Å². The fourth-order valence-corrected chi connectivity index (χ4v) is 2.27. The van der Waals surface area contributed by atoms with Crippen molar-refractivity contribution in [1.29, 1.82) is 0 Å². The topological polar surface area (TPSA) is 62.3 Å². The largest absolute Gasteiger partial charge is 0.385 e. The standard InChI is InChI=1S/C11H20BrN3O2/c1-16-6-3-4-10(13)11-9(12)8-14-15(11)5-7-17-2/h8,10H,3-7,13H2,1-2H3. The van der Waals surface area contributed by atoms with E-state index in [1.165, 1.54) is 0 Å². The minimum Gasteiger partial charge on any atom is -0.385 e. The normalized spacial score (nSPS) is 12.9. The molecule has 1 atom stereocenters. The van der Waals surface area contributed by atoms with Crippen LogP contribution in [0.15, 0.2) is 10.7 Å². The summed E-state index contributed by atoms with van der Waals surface area (Å²) in [5, 5.41) is 4.28. The molecule has 0 spiro atoms. The lowest BCUT2D eigenvalue weighted by atomic mass is 10.1.